The van der Waals surface area contributed by atoms with Gasteiger partial charge in [0.05, 0.1) is 13.0 Å². The zero-order valence-electron chi connectivity index (χ0n) is 5.70. The molecule has 0 spiro atoms. The molecule has 0 heterocycles. The van der Waals surface area contributed by atoms with Gasteiger partial charge in [0.15, 0.2) is 0 Å². The number of carbonyl (C=O) groups excluding carboxylic acids is 1. The van der Waals surface area contributed by atoms with E-state index in [1.54, 1.807) is 0 Å². The Hall–Kier alpha value is -1.10. The molecule has 0 aromatic carbocycles. The molecule has 0 aromatic rings. The molecule has 6 heteroatoms. The number of allylic oxidation sites excluding steroid dienone is 1. The summed E-state index contributed by atoms with van der Waals surface area (Å²) in [5.41, 5.74) is -0.692. The molecule has 0 aromatic heterocycles. The highest BCUT2D eigenvalue weighted by molar-refractivity contribution is 6.19. The lowest BCUT2D eigenvalue weighted by Crippen LogP contribution is -2.06. The molecular formula is C5H6ClNO4. The molecule has 0 radical (unpaired) electrons. The van der Waals surface area contributed by atoms with Crippen molar-refractivity contribution in [3.63, 3.8) is 0 Å². The first kappa shape index (κ1) is 9.90. The molecule has 11 heavy (non-hydrogen) atoms. The summed E-state index contributed by atoms with van der Waals surface area (Å²) in [6.45, 7) is 0. The number of nitrogens with zero attached hydrogens (tertiary/aromatic N) is 1. The molecule has 0 unspecified atom stereocenters. The van der Waals surface area contributed by atoms with E-state index >= 15 is 0 Å². The number of rotatable bonds is 3. The maximum absolute atomic E-state index is 10.6. The Morgan fingerprint density at radius 2 is 2.27 bits per heavy atom. The number of methoxy groups -OCH3 is 1. The fraction of sp³-hybridized carbons (Fsp3) is 0.400. The molecule has 0 saturated heterocycles. The third-order valence-corrected chi connectivity index (χ3v) is 1.12. The van der Waals surface area contributed by atoms with Gasteiger partial charge in [-0.2, -0.15) is 0 Å². The summed E-state index contributed by atoms with van der Waals surface area (Å²) < 4.78 is 4.12. The van der Waals surface area contributed by atoms with E-state index in [9.17, 15) is 9.70 Å². The summed E-state index contributed by atoms with van der Waals surface area (Å²) >= 11 is 5.11. The standard InChI is InChI=1S/C5H6ClNO4/c1-11-5(9)4(7-10)3(8)2-6/h8H,2H2,1H3. The van der Waals surface area contributed by atoms with Crippen LogP contribution in [0.15, 0.2) is 16.6 Å². The number of hydrogen-bond acceptors (Lipinski definition) is 5. The molecule has 0 rings (SSSR count). The first-order valence-electron chi connectivity index (χ1n) is 2.57. The van der Waals surface area contributed by atoms with Crippen LogP contribution < -0.4 is 0 Å². The van der Waals surface area contributed by atoms with Gasteiger partial charge >= 0.3 is 5.97 Å². The predicted octanol–water partition coefficient (Wildman–Crippen LogP) is 0.934. The van der Waals surface area contributed by atoms with Gasteiger partial charge in [-0.05, 0) is 5.18 Å². The molecule has 0 aliphatic rings. The number of halogens is 1. The number of aliphatic hydroxyl groups excluding tert-OH is 1. The van der Waals surface area contributed by atoms with Crippen molar-refractivity contribution >= 4 is 17.6 Å². The van der Waals surface area contributed by atoms with E-state index in [-0.39, 0.29) is 5.88 Å². The summed E-state index contributed by atoms with van der Waals surface area (Å²) in [6.07, 6.45) is 0. The third-order valence-electron chi connectivity index (χ3n) is 0.870. The SMILES string of the molecule is COC(=O)C(N=O)=C(O)CCl. The van der Waals surface area contributed by atoms with Gasteiger partial charge in [0.25, 0.3) is 0 Å². The Morgan fingerprint density at radius 1 is 1.73 bits per heavy atom. The van der Waals surface area contributed by atoms with Gasteiger partial charge in [0.2, 0.25) is 5.70 Å². The van der Waals surface area contributed by atoms with Crippen LogP contribution in [0.4, 0.5) is 0 Å². The molecule has 0 fully saturated rings. The summed E-state index contributed by atoms with van der Waals surface area (Å²) in [4.78, 5) is 20.4. The lowest BCUT2D eigenvalue weighted by Gasteiger charge is -1.97. The maximum atomic E-state index is 10.6. The molecule has 0 aliphatic carbocycles. The first-order chi connectivity index (χ1) is 5.17. The van der Waals surface area contributed by atoms with Crippen molar-refractivity contribution in [3.8, 4) is 0 Å². The van der Waals surface area contributed by atoms with Crippen molar-refractivity contribution < 1.29 is 14.6 Å². The largest absolute Gasteiger partial charge is 0.508 e. The topological polar surface area (TPSA) is 76.0 Å². The van der Waals surface area contributed by atoms with Crippen LogP contribution in [-0.4, -0.2) is 24.1 Å². The van der Waals surface area contributed by atoms with E-state index in [0.29, 0.717) is 0 Å². The van der Waals surface area contributed by atoms with Gasteiger partial charge in [-0.15, -0.1) is 16.5 Å². The van der Waals surface area contributed by atoms with Crippen molar-refractivity contribution in [1.82, 2.24) is 0 Å². The highest BCUT2D eigenvalue weighted by Crippen LogP contribution is 2.06. The minimum Gasteiger partial charge on any atom is -0.508 e. The van der Waals surface area contributed by atoms with Crippen molar-refractivity contribution in [2.24, 2.45) is 5.18 Å². The Kier molecular flexibility index (Phi) is 4.21. The lowest BCUT2D eigenvalue weighted by atomic mass is 10.4. The smallest absolute Gasteiger partial charge is 0.363 e. The van der Waals surface area contributed by atoms with Gasteiger partial charge in [-0.3, -0.25) is 0 Å². The lowest BCUT2D eigenvalue weighted by molar-refractivity contribution is -0.136. The van der Waals surface area contributed by atoms with E-state index in [1.807, 2.05) is 0 Å². The number of aliphatic hydroxyl groups is 1. The first-order valence-corrected chi connectivity index (χ1v) is 3.10. The number of carbonyl (C=O) groups is 1. The zero-order valence-corrected chi connectivity index (χ0v) is 6.46. The molecule has 0 amide bonds. The normalized spacial score (nSPS) is 11.8. The molecular weight excluding hydrogens is 174 g/mol. The summed E-state index contributed by atoms with van der Waals surface area (Å²) in [7, 11) is 1.06. The van der Waals surface area contributed by atoms with Gasteiger partial charge in [0.1, 0.15) is 5.76 Å². The maximum Gasteiger partial charge on any atom is 0.363 e. The summed E-state index contributed by atoms with van der Waals surface area (Å²) in [6, 6.07) is 0. The molecule has 5 nitrogen and oxygen atoms in total. The number of ether oxygens (including phenoxy) is 1. The quantitative estimate of drug-likeness (QED) is 0.230. The minimum absolute atomic E-state index is 0.351. The van der Waals surface area contributed by atoms with Crippen LogP contribution in [0.1, 0.15) is 0 Å². The van der Waals surface area contributed by atoms with E-state index < -0.39 is 17.4 Å². The summed E-state index contributed by atoms with van der Waals surface area (Å²) in [5, 5.41) is 11.0. The average molecular weight is 180 g/mol. The fourth-order valence-corrected chi connectivity index (χ4v) is 0.494. The van der Waals surface area contributed by atoms with Crippen molar-refractivity contribution in [2.45, 2.75) is 0 Å². The highest BCUT2D eigenvalue weighted by atomic mass is 35.5. The van der Waals surface area contributed by atoms with Crippen LogP contribution in [0, 0.1) is 4.91 Å². The van der Waals surface area contributed by atoms with Crippen molar-refractivity contribution in [1.29, 1.82) is 0 Å². The number of alkyl halides is 1. The van der Waals surface area contributed by atoms with E-state index in [4.69, 9.17) is 16.7 Å². The minimum atomic E-state index is -1.00. The molecule has 0 saturated carbocycles. The Bertz CT molecular complexity index is 201. The number of hydrogen-bond donors (Lipinski definition) is 1. The highest BCUT2D eigenvalue weighted by Gasteiger charge is 2.15. The zero-order chi connectivity index (χ0) is 8.85. The van der Waals surface area contributed by atoms with Gasteiger partial charge in [-0.1, -0.05) is 0 Å². The van der Waals surface area contributed by atoms with Crippen LogP contribution in [-0.2, 0) is 9.53 Å². The van der Waals surface area contributed by atoms with E-state index in [2.05, 4.69) is 9.91 Å². The van der Waals surface area contributed by atoms with Gasteiger partial charge in [-0.25, -0.2) is 4.79 Å². The molecule has 0 atom stereocenters. The predicted molar refractivity (Wildman–Crippen MR) is 38.2 cm³/mol. The summed E-state index contributed by atoms with van der Waals surface area (Å²) in [5.74, 6) is -1.94. The van der Waals surface area contributed by atoms with Crippen LogP contribution in [0.25, 0.3) is 0 Å². The molecule has 1 N–H and O–H groups in total. The van der Waals surface area contributed by atoms with Crippen LogP contribution in [0.2, 0.25) is 0 Å². The van der Waals surface area contributed by atoms with Gasteiger partial charge < -0.3 is 9.84 Å². The second-order valence-electron chi connectivity index (χ2n) is 1.51. The Labute approximate surface area is 67.6 Å². The molecule has 62 valence electrons. The average Bonchev–Trinajstić information content (AvgIpc) is 2.05. The third kappa shape index (κ3) is 2.55. The fourth-order valence-electron chi connectivity index (χ4n) is 0.368. The van der Waals surface area contributed by atoms with E-state index in [0.717, 1.165) is 7.11 Å². The number of nitroso groups, excluding NO2 is 1. The molecule has 0 bridgehead atoms. The van der Waals surface area contributed by atoms with Gasteiger partial charge in [0, 0.05) is 0 Å². The van der Waals surface area contributed by atoms with Crippen LogP contribution in [0.3, 0.4) is 0 Å². The second-order valence-corrected chi connectivity index (χ2v) is 1.78. The number of esters is 1. The second kappa shape index (κ2) is 4.68. The van der Waals surface area contributed by atoms with Crippen molar-refractivity contribution in [3.05, 3.63) is 16.4 Å². The Morgan fingerprint density at radius 3 is 2.55 bits per heavy atom. The van der Waals surface area contributed by atoms with Crippen LogP contribution >= 0.6 is 11.6 Å². The molecule has 0 aliphatic heterocycles. The van der Waals surface area contributed by atoms with Crippen molar-refractivity contribution in [2.75, 3.05) is 13.0 Å². The Balaban J connectivity index is 4.64. The monoisotopic (exact) mass is 179 g/mol. The van der Waals surface area contributed by atoms with Crippen LogP contribution in [0.5, 0.6) is 0 Å². The van der Waals surface area contributed by atoms with E-state index in [1.165, 1.54) is 0 Å².